The first-order valence-corrected chi connectivity index (χ1v) is 6.21. The Labute approximate surface area is 106 Å². The van der Waals surface area contributed by atoms with Crippen LogP contribution < -0.4 is 16.4 Å². The van der Waals surface area contributed by atoms with Crippen LogP contribution in [0.2, 0.25) is 0 Å². The number of carbonyl (C=O) groups excluding carboxylic acids is 1. The molecule has 1 heterocycles. The van der Waals surface area contributed by atoms with Gasteiger partial charge in [-0.25, -0.2) is 4.39 Å². The molecular weight excluding hydrogens is 233 g/mol. The van der Waals surface area contributed by atoms with Crippen LogP contribution >= 0.6 is 0 Å². The van der Waals surface area contributed by atoms with Gasteiger partial charge in [-0.3, -0.25) is 4.79 Å². The molecule has 1 aromatic carbocycles. The Bertz CT molecular complexity index is 430. The Hall–Kier alpha value is -1.62. The number of nitrogens with two attached hydrogens (primary N) is 1. The van der Waals surface area contributed by atoms with Crippen LogP contribution in [0.5, 0.6) is 0 Å². The summed E-state index contributed by atoms with van der Waals surface area (Å²) in [6.07, 6.45) is 2.21. The van der Waals surface area contributed by atoms with Crippen LogP contribution in [0.1, 0.15) is 23.2 Å². The average Bonchev–Trinajstić information content (AvgIpc) is 2.38. The highest BCUT2D eigenvalue weighted by Gasteiger charge is 2.13. The lowest BCUT2D eigenvalue weighted by Gasteiger charge is -2.23. The fraction of sp³-hybridized carbons (Fsp3) is 0.462. The van der Waals surface area contributed by atoms with Gasteiger partial charge in [0, 0.05) is 12.1 Å². The van der Waals surface area contributed by atoms with E-state index in [4.69, 9.17) is 5.73 Å². The third-order valence-electron chi connectivity index (χ3n) is 3.29. The lowest BCUT2D eigenvalue weighted by atomic mass is 9.98. The van der Waals surface area contributed by atoms with Crippen molar-refractivity contribution in [3.63, 3.8) is 0 Å². The highest BCUT2D eigenvalue weighted by molar-refractivity contribution is 5.93. The Balaban J connectivity index is 1.94. The van der Waals surface area contributed by atoms with E-state index >= 15 is 0 Å². The van der Waals surface area contributed by atoms with Gasteiger partial charge in [-0.15, -0.1) is 0 Å². The number of nitrogens with one attached hydrogen (secondary N) is 2. The lowest BCUT2D eigenvalue weighted by Crippen LogP contribution is -2.31. The van der Waals surface area contributed by atoms with Gasteiger partial charge in [-0.2, -0.15) is 0 Å². The molecule has 1 amide bonds. The minimum absolute atomic E-state index is 0.194. The maximum Gasteiger partial charge on any atom is 0.248 e. The summed E-state index contributed by atoms with van der Waals surface area (Å²) in [6, 6.07) is 4.28. The average molecular weight is 251 g/mol. The molecule has 1 aliphatic rings. The molecule has 4 N–H and O–H groups in total. The maximum absolute atomic E-state index is 13.7. The largest absolute Gasteiger partial charge is 0.382 e. The van der Waals surface area contributed by atoms with Gasteiger partial charge >= 0.3 is 0 Å². The number of halogens is 1. The number of anilines is 1. The van der Waals surface area contributed by atoms with Crippen LogP contribution in [0.15, 0.2) is 18.2 Å². The van der Waals surface area contributed by atoms with Crippen molar-refractivity contribution in [3.8, 4) is 0 Å². The fourth-order valence-corrected chi connectivity index (χ4v) is 2.15. The number of hydrogen-bond donors (Lipinski definition) is 3. The van der Waals surface area contributed by atoms with Gasteiger partial charge in [0.05, 0.1) is 5.69 Å². The molecule has 0 radical (unpaired) electrons. The quantitative estimate of drug-likeness (QED) is 0.756. The summed E-state index contributed by atoms with van der Waals surface area (Å²) in [6.45, 7) is 2.80. The Morgan fingerprint density at radius 2 is 2.17 bits per heavy atom. The molecule has 1 saturated heterocycles. The minimum Gasteiger partial charge on any atom is -0.382 e. The Kier molecular flexibility index (Phi) is 4.15. The molecule has 1 aromatic rings. The van der Waals surface area contributed by atoms with Crippen LogP contribution in [0.4, 0.5) is 10.1 Å². The minimum atomic E-state index is -0.612. The standard InChI is InChI=1S/C13H18FN3O/c14-11-7-10(13(15)18)1-2-12(11)17-8-9-3-5-16-6-4-9/h1-2,7,9,16-17H,3-6,8H2,(H2,15,18). The molecule has 0 spiro atoms. The molecule has 18 heavy (non-hydrogen) atoms. The summed E-state index contributed by atoms with van der Waals surface area (Å²) in [7, 11) is 0. The molecule has 0 bridgehead atoms. The zero-order valence-corrected chi connectivity index (χ0v) is 10.2. The molecule has 98 valence electrons. The third-order valence-corrected chi connectivity index (χ3v) is 3.29. The van der Waals surface area contributed by atoms with E-state index < -0.39 is 11.7 Å². The Morgan fingerprint density at radius 1 is 1.44 bits per heavy atom. The number of piperidine rings is 1. The molecule has 0 aromatic heterocycles. The van der Waals surface area contributed by atoms with E-state index in [1.165, 1.54) is 12.1 Å². The predicted octanol–water partition coefficient (Wildman–Crippen LogP) is 1.34. The topological polar surface area (TPSA) is 67.2 Å². The molecule has 2 rings (SSSR count). The van der Waals surface area contributed by atoms with E-state index in [1.807, 2.05) is 0 Å². The van der Waals surface area contributed by atoms with Gasteiger partial charge in [-0.05, 0) is 50.0 Å². The van der Waals surface area contributed by atoms with Crippen LogP contribution in [0.3, 0.4) is 0 Å². The first-order chi connectivity index (χ1) is 8.66. The van der Waals surface area contributed by atoms with Gasteiger partial charge in [0.25, 0.3) is 0 Å². The van der Waals surface area contributed by atoms with Gasteiger partial charge in [-0.1, -0.05) is 0 Å². The molecule has 0 atom stereocenters. The Morgan fingerprint density at radius 3 is 2.78 bits per heavy atom. The van der Waals surface area contributed by atoms with E-state index in [0.29, 0.717) is 11.6 Å². The van der Waals surface area contributed by atoms with Crippen LogP contribution in [-0.2, 0) is 0 Å². The fourth-order valence-electron chi connectivity index (χ4n) is 2.15. The van der Waals surface area contributed by atoms with Crippen molar-refractivity contribution in [1.29, 1.82) is 0 Å². The second-order valence-electron chi connectivity index (χ2n) is 4.63. The molecule has 5 heteroatoms. The first-order valence-electron chi connectivity index (χ1n) is 6.21. The van der Waals surface area contributed by atoms with Gasteiger partial charge in [0.1, 0.15) is 5.82 Å². The smallest absolute Gasteiger partial charge is 0.248 e. The highest BCUT2D eigenvalue weighted by Crippen LogP contribution is 2.18. The summed E-state index contributed by atoms with van der Waals surface area (Å²) in [5.41, 5.74) is 5.71. The monoisotopic (exact) mass is 251 g/mol. The van der Waals surface area contributed by atoms with Gasteiger partial charge in [0.15, 0.2) is 0 Å². The maximum atomic E-state index is 13.7. The van der Waals surface area contributed by atoms with Crippen molar-refractivity contribution >= 4 is 11.6 Å². The summed E-state index contributed by atoms with van der Waals surface area (Å²) in [5, 5.41) is 6.38. The normalized spacial score (nSPS) is 16.5. The number of hydrogen-bond acceptors (Lipinski definition) is 3. The van der Waals surface area contributed by atoms with E-state index in [0.717, 1.165) is 32.5 Å². The third kappa shape index (κ3) is 3.20. The SMILES string of the molecule is NC(=O)c1ccc(NCC2CCNCC2)c(F)c1. The highest BCUT2D eigenvalue weighted by atomic mass is 19.1. The first kappa shape index (κ1) is 12.8. The van der Waals surface area contributed by atoms with Crippen molar-refractivity contribution in [2.45, 2.75) is 12.8 Å². The number of primary amides is 1. The molecule has 1 aliphatic heterocycles. The number of rotatable bonds is 4. The number of amides is 1. The van der Waals surface area contributed by atoms with E-state index in [2.05, 4.69) is 10.6 Å². The van der Waals surface area contributed by atoms with Crippen LogP contribution in [0.25, 0.3) is 0 Å². The van der Waals surface area contributed by atoms with Crippen molar-refractivity contribution < 1.29 is 9.18 Å². The summed E-state index contributed by atoms with van der Waals surface area (Å²) < 4.78 is 13.7. The molecule has 0 aliphatic carbocycles. The molecule has 0 unspecified atom stereocenters. The molecular formula is C13H18FN3O. The molecule has 0 saturated carbocycles. The summed E-state index contributed by atoms with van der Waals surface area (Å²) in [4.78, 5) is 10.9. The van der Waals surface area contributed by atoms with E-state index in [-0.39, 0.29) is 5.56 Å². The lowest BCUT2D eigenvalue weighted by molar-refractivity contribution is 0.1000. The zero-order valence-electron chi connectivity index (χ0n) is 10.2. The van der Waals surface area contributed by atoms with Crippen LogP contribution in [-0.4, -0.2) is 25.5 Å². The zero-order chi connectivity index (χ0) is 13.0. The van der Waals surface area contributed by atoms with Crippen LogP contribution in [0, 0.1) is 11.7 Å². The van der Waals surface area contributed by atoms with Crippen molar-refractivity contribution in [2.75, 3.05) is 25.0 Å². The number of benzene rings is 1. The van der Waals surface area contributed by atoms with Gasteiger partial charge < -0.3 is 16.4 Å². The summed E-state index contributed by atoms with van der Waals surface area (Å²) >= 11 is 0. The van der Waals surface area contributed by atoms with Gasteiger partial charge in [0.2, 0.25) is 5.91 Å². The second-order valence-corrected chi connectivity index (χ2v) is 4.63. The van der Waals surface area contributed by atoms with E-state index in [1.54, 1.807) is 6.07 Å². The number of carbonyl (C=O) groups is 1. The summed E-state index contributed by atoms with van der Waals surface area (Å²) in [5.74, 6) is -0.472. The predicted molar refractivity (Wildman–Crippen MR) is 69.0 cm³/mol. The molecule has 1 fully saturated rings. The van der Waals surface area contributed by atoms with Crippen molar-refractivity contribution in [2.24, 2.45) is 11.7 Å². The van der Waals surface area contributed by atoms with Crippen molar-refractivity contribution in [3.05, 3.63) is 29.6 Å². The second kappa shape index (κ2) is 5.82. The van der Waals surface area contributed by atoms with E-state index in [9.17, 15) is 9.18 Å². The molecule has 4 nitrogen and oxygen atoms in total. The van der Waals surface area contributed by atoms with Crippen molar-refractivity contribution in [1.82, 2.24) is 5.32 Å².